The van der Waals surface area contributed by atoms with E-state index in [1.807, 2.05) is 0 Å². The summed E-state index contributed by atoms with van der Waals surface area (Å²) in [4.78, 5) is 0. The van der Waals surface area contributed by atoms with Crippen molar-refractivity contribution in [3.05, 3.63) is 205 Å². The monoisotopic (exact) mass is 758 g/mol. The molecule has 0 radical (unpaired) electrons. The summed E-state index contributed by atoms with van der Waals surface area (Å²) in [5, 5.41) is 21.0. The van der Waals surface area contributed by atoms with Crippen LogP contribution < -0.4 is 0 Å². The summed E-state index contributed by atoms with van der Waals surface area (Å²) in [7, 11) is 0. The van der Waals surface area contributed by atoms with Gasteiger partial charge in [-0.1, -0.05) is 176 Å². The SMILES string of the molecule is Cc1cccc(C)c1-c1ccc2cc3c4c(-c5ccccc5-c5ccccc5)c5c(cc6c7ccccc7c7cccc5c76)c(-c5ccccc5)c4c4cccc(c2c1)c43. The molecule has 0 nitrogen and oxygen atoms in total. The van der Waals surface area contributed by atoms with E-state index in [9.17, 15) is 0 Å². The molecule has 0 aliphatic rings. The molecule has 13 aromatic rings. The van der Waals surface area contributed by atoms with Gasteiger partial charge in [0.25, 0.3) is 0 Å². The Morgan fingerprint density at radius 3 is 1.50 bits per heavy atom. The Balaban J connectivity index is 1.31. The van der Waals surface area contributed by atoms with E-state index in [-0.39, 0.29) is 0 Å². The third-order valence-corrected chi connectivity index (χ3v) is 13.6. The molecule has 0 N–H and O–H groups in total. The normalized spacial score (nSPS) is 12.2. The van der Waals surface area contributed by atoms with Crippen molar-refractivity contribution in [2.75, 3.05) is 0 Å². The molecule has 0 atom stereocenters. The lowest BCUT2D eigenvalue weighted by Gasteiger charge is -2.21. The Labute approximate surface area is 348 Å². The van der Waals surface area contributed by atoms with Crippen molar-refractivity contribution < 1.29 is 0 Å². The minimum Gasteiger partial charge on any atom is -0.0622 e. The zero-order valence-electron chi connectivity index (χ0n) is 33.5. The molecule has 278 valence electrons. The van der Waals surface area contributed by atoms with Gasteiger partial charge in [-0.2, -0.15) is 0 Å². The quantitative estimate of drug-likeness (QED) is 0.157. The van der Waals surface area contributed by atoms with Crippen LogP contribution in [0.1, 0.15) is 11.1 Å². The summed E-state index contributed by atoms with van der Waals surface area (Å²) in [5.41, 5.74) is 12.8. The second kappa shape index (κ2) is 12.5. The van der Waals surface area contributed by atoms with Crippen molar-refractivity contribution in [3.63, 3.8) is 0 Å². The Hall–Kier alpha value is -7.54. The minimum absolute atomic E-state index is 1.22. The standard InChI is InChI=1S/C60H38/c1-35-16-13-17-36(2)53(35)40-31-30-39-32-51-56-46(49(39)33-40)27-15-29-48(56)59-54(38-20-7-4-8-21-38)52-34-50-43-24-11-10-23-42(43)45-26-14-28-47(55(45)50)57(52)58(60(51)59)44-25-12-9-22-41(44)37-18-5-3-6-19-37/h3-34H,1-2H3. The van der Waals surface area contributed by atoms with Crippen molar-refractivity contribution in [3.8, 4) is 44.5 Å². The summed E-state index contributed by atoms with van der Waals surface area (Å²) < 4.78 is 0. The molecule has 0 unspecified atom stereocenters. The molecule has 0 aliphatic heterocycles. The number of fused-ring (bicyclic) bond motifs is 10. The zero-order chi connectivity index (χ0) is 39.6. The van der Waals surface area contributed by atoms with Crippen molar-refractivity contribution in [2.45, 2.75) is 13.8 Å². The molecule has 0 heterocycles. The summed E-state index contributed by atoms with van der Waals surface area (Å²) >= 11 is 0. The van der Waals surface area contributed by atoms with Gasteiger partial charge >= 0.3 is 0 Å². The van der Waals surface area contributed by atoms with E-state index in [0.29, 0.717) is 0 Å². The van der Waals surface area contributed by atoms with Crippen molar-refractivity contribution in [2.24, 2.45) is 0 Å². The maximum atomic E-state index is 2.54. The first-order chi connectivity index (χ1) is 29.6. The zero-order valence-corrected chi connectivity index (χ0v) is 33.5. The van der Waals surface area contributed by atoms with Gasteiger partial charge in [0, 0.05) is 0 Å². The van der Waals surface area contributed by atoms with Crippen LogP contribution in [0.15, 0.2) is 194 Å². The second-order valence-electron chi connectivity index (χ2n) is 16.8. The van der Waals surface area contributed by atoms with E-state index in [1.165, 1.54) is 142 Å². The Kier molecular flexibility index (Phi) is 6.95. The minimum atomic E-state index is 1.22. The fourth-order valence-electron chi connectivity index (χ4n) is 11.2. The smallest absolute Gasteiger partial charge is 0.000675 e. The lowest BCUT2D eigenvalue weighted by atomic mass is 9.82. The molecule has 60 heavy (non-hydrogen) atoms. The predicted octanol–water partition coefficient (Wildman–Crippen LogP) is 17.1. The summed E-state index contributed by atoms with van der Waals surface area (Å²) in [6.07, 6.45) is 0. The number of hydrogen-bond donors (Lipinski definition) is 0. The highest BCUT2D eigenvalue weighted by Gasteiger charge is 2.28. The molecule has 13 aromatic carbocycles. The van der Waals surface area contributed by atoms with Crippen molar-refractivity contribution >= 4 is 86.2 Å². The van der Waals surface area contributed by atoms with E-state index in [4.69, 9.17) is 0 Å². The Bertz CT molecular complexity index is 3850. The topological polar surface area (TPSA) is 0 Å². The van der Waals surface area contributed by atoms with Gasteiger partial charge in [0.1, 0.15) is 0 Å². The molecular weight excluding hydrogens is 721 g/mol. The Morgan fingerprint density at radius 1 is 0.233 bits per heavy atom. The van der Waals surface area contributed by atoms with Gasteiger partial charge in [-0.05, 0) is 174 Å². The highest BCUT2D eigenvalue weighted by Crippen LogP contribution is 2.56. The van der Waals surface area contributed by atoms with Gasteiger partial charge in [-0.15, -0.1) is 0 Å². The van der Waals surface area contributed by atoms with E-state index >= 15 is 0 Å². The molecule has 0 saturated heterocycles. The van der Waals surface area contributed by atoms with Crippen LogP contribution in [0.4, 0.5) is 0 Å². The summed E-state index contributed by atoms with van der Waals surface area (Å²) in [6.45, 7) is 4.47. The Morgan fingerprint density at radius 2 is 0.767 bits per heavy atom. The first-order valence-corrected chi connectivity index (χ1v) is 21.1. The lowest BCUT2D eigenvalue weighted by molar-refractivity contribution is 1.38. The molecule has 0 aromatic heterocycles. The van der Waals surface area contributed by atoms with Gasteiger partial charge in [0.2, 0.25) is 0 Å². The van der Waals surface area contributed by atoms with Gasteiger partial charge < -0.3 is 0 Å². The van der Waals surface area contributed by atoms with Gasteiger partial charge in [-0.3, -0.25) is 0 Å². The molecule has 13 rings (SSSR count). The number of benzene rings is 11. The van der Waals surface area contributed by atoms with Gasteiger partial charge in [0.05, 0.1) is 0 Å². The van der Waals surface area contributed by atoms with E-state index < -0.39 is 0 Å². The van der Waals surface area contributed by atoms with Crippen LogP contribution >= 0.6 is 0 Å². The summed E-state index contributed by atoms with van der Waals surface area (Å²) in [6, 6.07) is 73.1. The third kappa shape index (κ3) is 4.51. The van der Waals surface area contributed by atoms with Crippen molar-refractivity contribution in [1.29, 1.82) is 0 Å². The van der Waals surface area contributed by atoms with Crippen LogP contribution in [0.2, 0.25) is 0 Å². The van der Waals surface area contributed by atoms with E-state index in [1.54, 1.807) is 0 Å². The highest BCUT2D eigenvalue weighted by molar-refractivity contribution is 6.46. The lowest BCUT2D eigenvalue weighted by Crippen LogP contribution is -1.93. The molecule has 0 bridgehead atoms. The molecule has 0 saturated carbocycles. The van der Waals surface area contributed by atoms with Crippen LogP contribution in [-0.2, 0) is 0 Å². The highest BCUT2D eigenvalue weighted by atomic mass is 14.3. The van der Waals surface area contributed by atoms with Crippen LogP contribution in [0.5, 0.6) is 0 Å². The average molecular weight is 759 g/mol. The van der Waals surface area contributed by atoms with Crippen LogP contribution in [0.25, 0.3) is 131 Å². The molecule has 0 aliphatic carbocycles. The third-order valence-electron chi connectivity index (χ3n) is 13.6. The maximum absolute atomic E-state index is 2.54. The molecule has 0 heteroatoms. The first-order valence-electron chi connectivity index (χ1n) is 21.1. The van der Waals surface area contributed by atoms with Gasteiger partial charge in [0.15, 0.2) is 0 Å². The van der Waals surface area contributed by atoms with Crippen LogP contribution in [0, 0.1) is 13.8 Å². The molecular formula is C60H38. The summed E-state index contributed by atoms with van der Waals surface area (Å²) in [5.74, 6) is 0. The van der Waals surface area contributed by atoms with Crippen molar-refractivity contribution in [1.82, 2.24) is 0 Å². The second-order valence-corrected chi connectivity index (χ2v) is 16.8. The fourth-order valence-corrected chi connectivity index (χ4v) is 11.2. The number of hydrogen-bond acceptors (Lipinski definition) is 0. The van der Waals surface area contributed by atoms with Crippen LogP contribution in [-0.4, -0.2) is 0 Å². The number of rotatable bonds is 4. The predicted molar refractivity (Wildman–Crippen MR) is 260 cm³/mol. The van der Waals surface area contributed by atoms with Crippen LogP contribution in [0.3, 0.4) is 0 Å². The fraction of sp³-hybridized carbons (Fsp3) is 0.0333. The first kappa shape index (κ1) is 33.4. The van der Waals surface area contributed by atoms with E-state index in [2.05, 4.69) is 208 Å². The average Bonchev–Trinajstić information content (AvgIpc) is 3.80. The molecule has 0 amide bonds. The van der Waals surface area contributed by atoms with E-state index in [0.717, 1.165) is 0 Å². The molecule has 0 spiro atoms. The molecule has 0 fully saturated rings. The largest absolute Gasteiger partial charge is 0.0622 e. The number of aryl methyl sites for hydroxylation is 2. The van der Waals surface area contributed by atoms with Gasteiger partial charge in [-0.25, -0.2) is 0 Å². The maximum Gasteiger partial charge on any atom is -0.000675 e.